The van der Waals surface area contributed by atoms with Crippen LogP contribution in [0.15, 0.2) is 58.3 Å². The summed E-state index contributed by atoms with van der Waals surface area (Å²) in [5.41, 5.74) is 8.74. The van der Waals surface area contributed by atoms with E-state index in [1.807, 2.05) is 11.3 Å². The van der Waals surface area contributed by atoms with E-state index >= 15 is 0 Å². The van der Waals surface area contributed by atoms with Crippen molar-refractivity contribution in [3.63, 3.8) is 0 Å². The normalized spacial score (nSPS) is 15.5. The Bertz CT molecular complexity index is 758. The van der Waals surface area contributed by atoms with Gasteiger partial charge in [-0.2, -0.15) is 0 Å². The van der Waals surface area contributed by atoms with Gasteiger partial charge in [-0.3, -0.25) is 9.89 Å². The van der Waals surface area contributed by atoms with E-state index in [4.69, 9.17) is 5.73 Å². The van der Waals surface area contributed by atoms with Crippen LogP contribution in [0.4, 0.5) is 0 Å². The van der Waals surface area contributed by atoms with Gasteiger partial charge >= 0.3 is 0 Å². The first kappa shape index (κ1) is 22.3. The fourth-order valence-corrected chi connectivity index (χ4v) is 4.51. The van der Waals surface area contributed by atoms with Gasteiger partial charge < -0.3 is 11.1 Å². The molecule has 2 aromatic rings. The lowest BCUT2D eigenvalue weighted by molar-refractivity contribution is 0.185. The number of thioether (sulfide) groups is 1. The van der Waals surface area contributed by atoms with Gasteiger partial charge in [-0.1, -0.05) is 18.2 Å². The zero-order valence-electron chi connectivity index (χ0n) is 15.6. The zero-order valence-corrected chi connectivity index (χ0v) is 19.5. The van der Waals surface area contributed by atoms with Crippen molar-refractivity contribution in [2.45, 2.75) is 23.9 Å². The summed E-state index contributed by atoms with van der Waals surface area (Å²) < 4.78 is 0. The SMILES string of the molecule is C=CCNC(N)=NCC(c1ccc(SC)cc1)N1CCc2sccc2C1.I. The fourth-order valence-electron chi connectivity index (χ4n) is 3.21. The Morgan fingerprint density at radius 3 is 2.89 bits per heavy atom. The summed E-state index contributed by atoms with van der Waals surface area (Å²) >= 11 is 3.64. The van der Waals surface area contributed by atoms with Crippen LogP contribution in [0.2, 0.25) is 0 Å². The van der Waals surface area contributed by atoms with Crippen molar-refractivity contribution in [3.05, 3.63) is 64.4 Å². The fraction of sp³-hybridized carbons (Fsp3) is 0.350. The average molecular weight is 515 g/mol. The van der Waals surface area contributed by atoms with Crippen LogP contribution in [0.5, 0.6) is 0 Å². The molecule has 0 saturated carbocycles. The maximum absolute atomic E-state index is 5.99. The molecule has 1 aliphatic heterocycles. The van der Waals surface area contributed by atoms with Crippen molar-refractivity contribution < 1.29 is 0 Å². The summed E-state index contributed by atoms with van der Waals surface area (Å²) in [5, 5.41) is 5.26. The van der Waals surface area contributed by atoms with Gasteiger partial charge in [-0.05, 0) is 47.4 Å². The van der Waals surface area contributed by atoms with E-state index in [1.165, 1.54) is 20.9 Å². The molecule has 1 aliphatic rings. The molecule has 27 heavy (non-hydrogen) atoms. The van der Waals surface area contributed by atoms with Crippen molar-refractivity contribution in [1.29, 1.82) is 0 Å². The van der Waals surface area contributed by atoms with Gasteiger partial charge in [0.15, 0.2) is 5.96 Å². The minimum Gasteiger partial charge on any atom is -0.370 e. The van der Waals surface area contributed by atoms with E-state index in [2.05, 4.69) is 63.8 Å². The van der Waals surface area contributed by atoms with Crippen LogP contribution in [-0.2, 0) is 13.0 Å². The third kappa shape index (κ3) is 5.97. The molecule has 0 spiro atoms. The Kier molecular flexibility index (Phi) is 9.14. The Balaban J connectivity index is 0.00000261. The molecule has 3 N–H and O–H groups in total. The first-order valence-corrected chi connectivity index (χ1v) is 10.9. The number of nitrogens with one attached hydrogen (secondary N) is 1. The summed E-state index contributed by atoms with van der Waals surface area (Å²) in [6.45, 7) is 7.00. The van der Waals surface area contributed by atoms with Crippen molar-refractivity contribution in [3.8, 4) is 0 Å². The average Bonchev–Trinajstić information content (AvgIpc) is 3.15. The molecule has 3 rings (SSSR count). The molecule has 7 heteroatoms. The summed E-state index contributed by atoms with van der Waals surface area (Å²) in [6, 6.07) is 11.3. The number of hydrogen-bond acceptors (Lipinski definition) is 4. The van der Waals surface area contributed by atoms with E-state index < -0.39 is 0 Å². The van der Waals surface area contributed by atoms with Crippen molar-refractivity contribution in [1.82, 2.24) is 10.2 Å². The Labute approximate surface area is 187 Å². The van der Waals surface area contributed by atoms with Gasteiger partial charge in [0.2, 0.25) is 0 Å². The van der Waals surface area contributed by atoms with Crippen LogP contribution in [0.1, 0.15) is 22.0 Å². The second-order valence-electron chi connectivity index (χ2n) is 6.27. The zero-order chi connectivity index (χ0) is 18.4. The summed E-state index contributed by atoms with van der Waals surface area (Å²) in [5.74, 6) is 0.476. The van der Waals surface area contributed by atoms with E-state index in [0.717, 1.165) is 19.5 Å². The minimum atomic E-state index is 0. The quantitative estimate of drug-likeness (QED) is 0.191. The van der Waals surface area contributed by atoms with Crippen LogP contribution in [0.25, 0.3) is 0 Å². The van der Waals surface area contributed by atoms with E-state index in [0.29, 0.717) is 19.0 Å². The molecule has 4 nitrogen and oxygen atoms in total. The van der Waals surface area contributed by atoms with Gasteiger partial charge in [0, 0.05) is 29.4 Å². The second-order valence-corrected chi connectivity index (χ2v) is 8.15. The highest BCUT2D eigenvalue weighted by molar-refractivity contribution is 14.0. The number of fused-ring (bicyclic) bond motifs is 1. The summed E-state index contributed by atoms with van der Waals surface area (Å²) in [6.07, 6.45) is 5.00. The molecule has 0 amide bonds. The van der Waals surface area contributed by atoms with Crippen molar-refractivity contribution in [2.24, 2.45) is 10.7 Å². The first-order valence-electron chi connectivity index (χ1n) is 8.79. The number of thiophene rings is 1. The lowest BCUT2D eigenvalue weighted by atomic mass is 10.0. The smallest absolute Gasteiger partial charge is 0.188 e. The van der Waals surface area contributed by atoms with E-state index in [-0.39, 0.29) is 30.0 Å². The number of aliphatic imine (C=N–C) groups is 1. The number of nitrogens with zero attached hydrogens (tertiary/aromatic N) is 2. The number of benzene rings is 1. The molecule has 146 valence electrons. The molecule has 0 radical (unpaired) electrons. The maximum Gasteiger partial charge on any atom is 0.188 e. The van der Waals surface area contributed by atoms with E-state index in [9.17, 15) is 0 Å². The Hall–Kier alpha value is -1.03. The highest BCUT2D eigenvalue weighted by Gasteiger charge is 2.25. The van der Waals surface area contributed by atoms with Gasteiger partial charge in [-0.25, -0.2) is 0 Å². The standard InChI is InChI=1S/C20H26N4S2.HI/c1-3-10-22-20(21)23-13-18(15-4-6-17(25-2)7-5-15)24-11-8-19-16(14-24)9-12-26-19;/h3-7,9,12,18H,1,8,10-11,13-14H2,2H3,(H3,21,22,23);1H. The Morgan fingerprint density at radius 2 is 2.19 bits per heavy atom. The molecule has 1 aromatic carbocycles. The number of guanidine groups is 1. The van der Waals surface area contributed by atoms with Crippen LogP contribution in [-0.4, -0.2) is 36.7 Å². The number of hydrogen-bond donors (Lipinski definition) is 2. The highest BCUT2D eigenvalue weighted by atomic mass is 127. The third-order valence-corrected chi connectivity index (χ3v) is 6.41. The third-order valence-electron chi connectivity index (χ3n) is 4.64. The van der Waals surface area contributed by atoms with Gasteiger partial charge in [-0.15, -0.1) is 53.7 Å². The van der Waals surface area contributed by atoms with Crippen molar-refractivity contribution >= 4 is 53.0 Å². The van der Waals surface area contributed by atoms with E-state index in [1.54, 1.807) is 17.8 Å². The molecule has 0 fully saturated rings. The van der Waals surface area contributed by atoms with Crippen LogP contribution < -0.4 is 11.1 Å². The largest absolute Gasteiger partial charge is 0.370 e. The molecular weight excluding hydrogens is 487 g/mol. The van der Waals surface area contributed by atoms with Gasteiger partial charge in [0.1, 0.15) is 0 Å². The number of rotatable bonds is 7. The predicted molar refractivity (Wildman–Crippen MR) is 130 cm³/mol. The topological polar surface area (TPSA) is 53.6 Å². The number of nitrogens with two attached hydrogens (primary N) is 1. The molecule has 0 saturated heterocycles. The predicted octanol–water partition coefficient (Wildman–Crippen LogP) is 4.28. The van der Waals surface area contributed by atoms with Crippen molar-refractivity contribution in [2.75, 3.05) is 25.9 Å². The number of halogens is 1. The van der Waals surface area contributed by atoms with Gasteiger partial charge in [0.25, 0.3) is 0 Å². The molecule has 1 atom stereocenters. The minimum absolute atomic E-state index is 0. The first-order chi connectivity index (χ1) is 12.7. The maximum atomic E-state index is 5.99. The molecule has 1 unspecified atom stereocenters. The molecule has 0 bridgehead atoms. The van der Waals surface area contributed by atoms with Crippen LogP contribution >= 0.6 is 47.1 Å². The Morgan fingerprint density at radius 1 is 1.41 bits per heavy atom. The second kappa shape index (κ2) is 11.1. The molecule has 0 aliphatic carbocycles. The summed E-state index contributed by atoms with van der Waals surface area (Å²) in [7, 11) is 0. The van der Waals surface area contributed by atoms with Crippen LogP contribution in [0, 0.1) is 0 Å². The lowest BCUT2D eigenvalue weighted by Gasteiger charge is -2.34. The summed E-state index contributed by atoms with van der Waals surface area (Å²) in [4.78, 5) is 9.91. The molecule has 2 heterocycles. The molecular formula is C20H27IN4S2. The highest BCUT2D eigenvalue weighted by Crippen LogP contribution is 2.31. The van der Waals surface area contributed by atoms with Gasteiger partial charge in [0.05, 0.1) is 12.6 Å². The lowest BCUT2D eigenvalue weighted by Crippen LogP contribution is -2.37. The van der Waals surface area contributed by atoms with Crippen LogP contribution in [0.3, 0.4) is 0 Å². The molecule has 1 aromatic heterocycles. The monoisotopic (exact) mass is 514 g/mol.